The summed E-state index contributed by atoms with van der Waals surface area (Å²) in [5.41, 5.74) is 0. The Morgan fingerprint density at radius 2 is 1.71 bits per heavy atom. The van der Waals surface area contributed by atoms with Crippen molar-refractivity contribution in [2.75, 3.05) is 67.2 Å². The van der Waals surface area contributed by atoms with E-state index in [-0.39, 0.29) is 24.0 Å². The molecule has 6 nitrogen and oxygen atoms in total. The molecule has 0 aromatic carbocycles. The van der Waals surface area contributed by atoms with Crippen molar-refractivity contribution >= 4 is 29.9 Å². The Kier molecular flexibility index (Phi) is 19.8. The summed E-state index contributed by atoms with van der Waals surface area (Å²) in [6.45, 7) is 8.24. The predicted octanol–water partition coefficient (Wildman–Crippen LogP) is 1.16. The van der Waals surface area contributed by atoms with Crippen LogP contribution in [0.2, 0.25) is 0 Å². The normalized spacial score (nSPS) is 11.4. The van der Waals surface area contributed by atoms with Crippen LogP contribution >= 0.6 is 24.0 Å². The summed E-state index contributed by atoms with van der Waals surface area (Å²) in [5.74, 6) is 0.883. The summed E-state index contributed by atoms with van der Waals surface area (Å²) in [5, 5.41) is 6.59. The number of hydrogen-bond donors (Lipinski definition) is 2. The van der Waals surface area contributed by atoms with Crippen LogP contribution in [0.4, 0.5) is 0 Å². The van der Waals surface area contributed by atoms with Crippen LogP contribution in [-0.2, 0) is 9.47 Å². The van der Waals surface area contributed by atoms with Gasteiger partial charge in [-0.2, -0.15) is 0 Å². The Bertz CT molecular complexity index is 243. The summed E-state index contributed by atoms with van der Waals surface area (Å²) in [6.07, 6.45) is 2.02. The van der Waals surface area contributed by atoms with Crippen LogP contribution in [0.5, 0.6) is 0 Å². The van der Waals surface area contributed by atoms with Crippen LogP contribution in [-0.4, -0.2) is 78.1 Å². The minimum Gasteiger partial charge on any atom is -0.385 e. The Morgan fingerprint density at radius 1 is 1.05 bits per heavy atom. The van der Waals surface area contributed by atoms with Gasteiger partial charge in [-0.15, -0.1) is 24.0 Å². The lowest BCUT2D eigenvalue weighted by atomic mass is 10.4. The molecule has 0 rings (SSSR count). The number of likely N-dealkylation sites (N-methyl/N-ethyl adjacent to an activating group) is 1. The van der Waals surface area contributed by atoms with Crippen LogP contribution in [0.15, 0.2) is 4.99 Å². The molecule has 0 aliphatic rings. The van der Waals surface area contributed by atoms with Gasteiger partial charge in [-0.05, 0) is 26.8 Å². The quantitative estimate of drug-likeness (QED) is 0.217. The van der Waals surface area contributed by atoms with E-state index in [0.717, 1.165) is 64.7 Å². The van der Waals surface area contributed by atoms with Gasteiger partial charge in [0.15, 0.2) is 5.96 Å². The maximum atomic E-state index is 5.05. The number of aliphatic imine (C=N–C) groups is 1. The van der Waals surface area contributed by atoms with E-state index >= 15 is 0 Å². The topological polar surface area (TPSA) is 58.1 Å². The highest BCUT2D eigenvalue weighted by atomic mass is 127. The fourth-order valence-electron chi connectivity index (χ4n) is 1.70. The fourth-order valence-corrected chi connectivity index (χ4v) is 1.70. The van der Waals surface area contributed by atoms with Crippen LogP contribution in [0.3, 0.4) is 0 Å². The summed E-state index contributed by atoms with van der Waals surface area (Å²) in [6, 6.07) is 0. The average molecular weight is 416 g/mol. The van der Waals surface area contributed by atoms with Gasteiger partial charge in [0.05, 0.1) is 0 Å². The lowest BCUT2D eigenvalue weighted by Crippen LogP contribution is -2.41. The van der Waals surface area contributed by atoms with Gasteiger partial charge in [0.2, 0.25) is 0 Å². The van der Waals surface area contributed by atoms with Crippen molar-refractivity contribution in [3.05, 3.63) is 0 Å². The molecule has 0 amide bonds. The smallest absolute Gasteiger partial charge is 0.191 e. The molecular formula is C14H33IN4O2. The van der Waals surface area contributed by atoms with E-state index in [1.165, 1.54) is 0 Å². The summed E-state index contributed by atoms with van der Waals surface area (Å²) >= 11 is 0. The van der Waals surface area contributed by atoms with Crippen molar-refractivity contribution in [2.24, 2.45) is 4.99 Å². The predicted molar refractivity (Wildman–Crippen MR) is 99.9 cm³/mol. The Labute approximate surface area is 147 Å². The number of methoxy groups -OCH3 is 2. The number of halogens is 1. The van der Waals surface area contributed by atoms with Gasteiger partial charge in [0, 0.05) is 60.2 Å². The van der Waals surface area contributed by atoms with Gasteiger partial charge >= 0.3 is 0 Å². The molecule has 0 heterocycles. The first-order valence-electron chi connectivity index (χ1n) is 7.43. The van der Waals surface area contributed by atoms with E-state index in [2.05, 4.69) is 34.5 Å². The van der Waals surface area contributed by atoms with E-state index in [1.54, 1.807) is 14.2 Å². The zero-order chi connectivity index (χ0) is 15.1. The molecule has 128 valence electrons. The fraction of sp³-hybridized carbons (Fsp3) is 0.929. The minimum atomic E-state index is 0. The lowest BCUT2D eigenvalue weighted by molar-refractivity contribution is 0.180. The summed E-state index contributed by atoms with van der Waals surface area (Å²) in [4.78, 5) is 6.79. The standard InChI is InChI=1S/C14H32N4O2.HI/c1-5-15-14(16-8-6-12-19-3)17-9-11-18(2)10-7-13-20-4;/h5-13H2,1-4H3,(H2,15,16,17);1H. The summed E-state index contributed by atoms with van der Waals surface area (Å²) in [7, 11) is 5.58. The third kappa shape index (κ3) is 16.1. The second-order valence-corrected chi connectivity index (χ2v) is 4.68. The molecule has 0 aliphatic carbocycles. The first-order chi connectivity index (χ1) is 9.74. The highest BCUT2D eigenvalue weighted by Gasteiger charge is 2.00. The van der Waals surface area contributed by atoms with Crippen LogP contribution in [0, 0.1) is 0 Å². The molecule has 0 aromatic rings. The number of ether oxygens (including phenoxy) is 2. The molecule has 0 fully saturated rings. The Morgan fingerprint density at radius 3 is 2.33 bits per heavy atom. The molecule has 0 saturated heterocycles. The van der Waals surface area contributed by atoms with Gasteiger partial charge < -0.3 is 25.0 Å². The Balaban J connectivity index is 0. The molecule has 0 aliphatic heterocycles. The number of nitrogens with one attached hydrogen (secondary N) is 2. The van der Waals surface area contributed by atoms with E-state index in [9.17, 15) is 0 Å². The molecule has 0 saturated carbocycles. The van der Waals surface area contributed by atoms with Crippen molar-refractivity contribution in [3.8, 4) is 0 Å². The molecule has 2 N–H and O–H groups in total. The highest BCUT2D eigenvalue weighted by Crippen LogP contribution is 1.87. The highest BCUT2D eigenvalue weighted by molar-refractivity contribution is 14.0. The van der Waals surface area contributed by atoms with E-state index in [0.29, 0.717) is 0 Å². The number of nitrogens with zero attached hydrogens (tertiary/aromatic N) is 2. The molecule has 0 spiro atoms. The lowest BCUT2D eigenvalue weighted by Gasteiger charge is -2.18. The summed E-state index contributed by atoms with van der Waals surface area (Å²) < 4.78 is 10.1. The van der Waals surface area contributed by atoms with Crippen LogP contribution < -0.4 is 10.6 Å². The monoisotopic (exact) mass is 416 g/mol. The van der Waals surface area contributed by atoms with Crippen molar-refractivity contribution < 1.29 is 9.47 Å². The molecular weight excluding hydrogens is 383 g/mol. The second-order valence-electron chi connectivity index (χ2n) is 4.68. The Hall–Kier alpha value is -0.120. The zero-order valence-corrected chi connectivity index (χ0v) is 16.3. The molecule has 0 atom stereocenters. The van der Waals surface area contributed by atoms with Crippen LogP contribution in [0.1, 0.15) is 19.8 Å². The molecule has 0 bridgehead atoms. The van der Waals surface area contributed by atoms with E-state index < -0.39 is 0 Å². The minimum absolute atomic E-state index is 0. The molecule has 0 unspecified atom stereocenters. The molecule has 7 heteroatoms. The van der Waals surface area contributed by atoms with E-state index in [1.807, 2.05) is 0 Å². The van der Waals surface area contributed by atoms with Gasteiger partial charge in [-0.25, -0.2) is 0 Å². The maximum Gasteiger partial charge on any atom is 0.191 e. The van der Waals surface area contributed by atoms with Gasteiger partial charge in [0.1, 0.15) is 0 Å². The van der Waals surface area contributed by atoms with Crippen LogP contribution in [0.25, 0.3) is 0 Å². The van der Waals surface area contributed by atoms with Gasteiger partial charge in [0.25, 0.3) is 0 Å². The van der Waals surface area contributed by atoms with Crippen molar-refractivity contribution in [1.82, 2.24) is 15.5 Å². The van der Waals surface area contributed by atoms with Gasteiger partial charge in [-0.1, -0.05) is 0 Å². The maximum absolute atomic E-state index is 5.05. The first kappa shape index (κ1) is 23.2. The number of rotatable bonds is 12. The third-order valence-corrected chi connectivity index (χ3v) is 2.79. The average Bonchev–Trinajstić information content (AvgIpc) is 2.44. The first-order valence-corrected chi connectivity index (χ1v) is 7.43. The van der Waals surface area contributed by atoms with E-state index in [4.69, 9.17) is 9.47 Å². The van der Waals surface area contributed by atoms with Crippen molar-refractivity contribution in [3.63, 3.8) is 0 Å². The second kappa shape index (κ2) is 17.9. The SMILES string of the molecule is CCNC(=NCCCOC)NCCN(C)CCCOC.I. The zero-order valence-electron chi connectivity index (χ0n) is 14.0. The number of guanidine groups is 1. The van der Waals surface area contributed by atoms with Crippen molar-refractivity contribution in [2.45, 2.75) is 19.8 Å². The van der Waals surface area contributed by atoms with Gasteiger partial charge in [-0.3, -0.25) is 4.99 Å². The van der Waals surface area contributed by atoms with Crippen molar-refractivity contribution in [1.29, 1.82) is 0 Å². The number of hydrogen-bond acceptors (Lipinski definition) is 4. The molecule has 21 heavy (non-hydrogen) atoms. The largest absolute Gasteiger partial charge is 0.385 e. The molecule has 0 radical (unpaired) electrons. The molecule has 0 aromatic heterocycles. The third-order valence-electron chi connectivity index (χ3n) is 2.79.